The highest BCUT2D eigenvalue weighted by Gasteiger charge is 2.34. The number of hydrogen-bond acceptors (Lipinski definition) is 3. The Balaban J connectivity index is 2.40. The lowest BCUT2D eigenvalue weighted by Crippen LogP contribution is -2.43. The first-order valence-electron chi connectivity index (χ1n) is 6.62. The SMILES string of the molecule is Cc1c(C(=O)O)cccc1S(=O)(=O)NC1(C)CCCC1. The number of carboxylic acid groups (broad SMARTS) is 1. The molecule has 5 nitrogen and oxygen atoms in total. The lowest BCUT2D eigenvalue weighted by molar-refractivity contribution is 0.0696. The van der Waals surface area contributed by atoms with Gasteiger partial charge in [-0.2, -0.15) is 0 Å². The van der Waals surface area contributed by atoms with Crippen molar-refractivity contribution in [3.8, 4) is 0 Å². The first-order valence-corrected chi connectivity index (χ1v) is 8.10. The standard InChI is InChI=1S/C14H19NO4S/c1-10-11(13(16)17)6-5-7-12(10)20(18,19)15-14(2)8-3-4-9-14/h5-7,15H,3-4,8-9H2,1-2H3,(H,16,17). The van der Waals surface area contributed by atoms with Gasteiger partial charge in [0, 0.05) is 5.54 Å². The van der Waals surface area contributed by atoms with Crippen molar-refractivity contribution in [2.75, 3.05) is 0 Å². The van der Waals surface area contributed by atoms with Gasteiger partial charge in [0.15, 0.2) is 0 Å². The van der Waals surface area contributed by atoms with E-state index in [0.717, 1.165) is 25.7 Å². The van der Waals surface area contributed by atoms with Gasteiger partial charge >= 0.3 is 5.97 Å². The molecule has 110 valence electrons. The van der Waals surface area contributed by atoms with E-state index in [-0.39, 0.29) is 16.0 Å². The van der Waals surface area contributed by atoms with E-state index in [4.69, 9.17) is 5.11 Å². The van der Waals surface area contributed by atoms with Gasteiger partial charge in [-0.15, -0.1) is 0 Å². The van der Waals surface area contributed by atoms with Crippen LogP contribution < -0.4 is 4.72 Å². The van der Waals surface area contributed by atoms with Crippen molar-refractivity contribution < 1.29 is 18.3 Å². The zero-order valence-corrected chi connectivity index (χ0v) is 12.5. The Kier molecular flexibility index (Phi) is 3.88. The molecule has 1 fully saturated rings. The highest BCUT2D eigenvalue weighted by Crippen LogP contribution is 2.31. The number of carboxylic acids is 1. The normalized spacial score (nSPS) is 18.1. The fraction of sp³-hybridized carbons (Fsp3) is 0.500. The van der Waals surface area contributed by atoms with Crippen LogP contribution in [0.4, 0.5) is 0 Å². The van der Waals surface area contributed by atoms with Crippen LogP contribution >= 0.6 is 0 Å². The molecule has 0 atom stereocenters. The fourth-order valence-corrected chi connectivity index (χ4v) is 4.51. The molecule has 1 aliphatic carbocycles. The van der Waals surface area contributed by atoms with Gasteiger partial charge < -0.3 is 5.11 Å². The molecule has 0 heterocycles. The third-order valence-electron chi connectivity index (χ3n) is 3.89. The number of nitrogens with one attached hydrogen (secondary N) is 1. The molecule has 6 heteroatoms. The van der Waals surface area contributed by atoms with E-state index in [1.54, 1.807) is 0 Å². The highest BCUT2D eigenvalue weighted by molar-refractivity contribution is 7.89. The van der Waals surface area contributed by atoms with E-state index in [1.165, 1.54) is 25.1 Å². The minimum atomic E-state index is -3.70. The summed E-state index contributed by atoms with van der Waals surface area (Å²) in [4.78, 5) is 11.1. The number of carbonyl (C=O) groups is 1. The van der Waals surface area contributed by atoms with Crippen LogP contribution in [0.2, 0.25) is 0 Å². The molecule has 0 aromatic heterocycles. The molecule has 20 heavy (non-hydrogen) atoms. The van der Waals surface area contributed by atoms with Crippen molar-refractivity contribution in [1.82, 2.24) is 4.72 Å². The van der Waals surface area contributed by atoms with E-state index in [1.807, 2.05) is 6.92 Å². The molecule has 0 unspecified atom stereocenters. The Hall–Kier alpha value is -1.40. The summed E-state index contributed by atoms with van der Waals surface area (Å²) in [6, 6.07) is 4.32. The maximum atomic E-state index is 12.5. The molecule has 0 spiro atoms. The number of hydrogen-bond donors (Lipinski definition) is 2. The molecule has 2 N–H and O–H groups in total. The zero-order valence-electron chi connectivity index (χ0n) is 11.6. The molecule has 0 radical (unpaired) electrons. The number of sulfonamides is 1. The van der Waals surface area contributed by atoms with Crippen LogP contribution in [-0.4, -0.2) is 25.0 Å². The summed E-state index contributed by atoms with van der Waals surface area (Å²) in [5, 5.41) is 9.08. The van der Waals surface area contributed by atoms with Crippen LogP contribution in [0.25, 0.3) is 0 Å². The van der Waals surface area contributed by atoms with Gasteiger partial charge in [-0.05, 0) is 44.4 Å². The first-order chi connectivity index (χ1) is 9.25. The highest BCUT2D eigenvalue weighted by atomic mass is 32.2. The Bertz CT molecular complexity index is 631. The van der Waals surface area contributed by atoms with E-state index < -0.39 is 21.5 Å². The van der Waals surface area contributed by atoms with E-state index in [0.29, 0.717) is 0 Å². The lowest BCUT2D eigenvalue weighted by Gasteiger charge is -2.25. The lowest BCUT2D eigenvalue weighted by atomic mass is 10.0. The minimum absolute atomic E-state index is 0.0180. The van der Waals surface area contributed by atoms with Crippen LogP contribution in [0.1, 0.15) is 48.5 Å². The monoisotopic (exact) mass is 297 g/mol. The summed E-state index contributed by atoms with van der Waals surface area (Å²) in [5.41, 5.74) is -0.136. The van der Waals surface area contributed by atoms with Gasteiger partial charge in [-0.1, -0.05) is 18.9 Å². The quantitative estimate of drug-likeness (QED) is 0.893. The van der Waals surface area contributed by atoms with E-state index >= 15 is 0 Å². The predicted octanol–water partition coefficient (Wildman–Crippen LogP) is 2.30. The summed E-state index contributed by atoms with van der Waals surface area (Å²) in [7, 11) is -3.70. The summed E-state index contributed by atoms with van der Waals surface area (Å²) in [6.45, 7) is 3.42. The topological polar surface area (TPSA) is 83.5 Å². The zero-order chi connectivity index (χ0) is 15.0. The van der Waals surface area contributed by atoms with E-state index in [2.05, 4.69) is 4.72 Å². The summed E-state index contributed by atoms with van der Waals surface area (Å²) in [5.74, 6) is -1.12. The molecule has 0 aliphatic heterocycles. The van der Waals surface area contributed by atoms with E-state index in [9.17, 15) is 13.2 Å². The second kappa shape index (κ2) is 5.18. The van der Waals surface area contributed by atoms with Crippen molar-refractivity contribution >= 4 is 16.0 Å². The van der Waals surface area contributed by atoms with Crippen molar-refractivity contribution in [2.24, 2.45) is 0 Å². The summed E-state index contributed by atoms with van der Waals surface area (Å²) >= 11 is 0. The van der Waals surface area contributed by atoms with Gasteiger partial charge in [-0.25, -0.2) is 17.9 Å². The van der Waals surface area contributed by atoms with Crippen molar-refractivity contribution in [1.29, 1.82) is 0 Å². The Labute approximate surface area is 119 Å². The van der Waals surface area contributed by atoms with Crippen molar-refractivity contribution in [2.45, 2.75) is 50.0 Å². The van der Waals surface area contributed by atoms with Crippen LogP contribution in [0.3, 0.4) is 0 Å². The molecule has 0 saturated heterocycles. The molecule has 1 aliphatic rings. The Morgan fingerprint density at radius 1 is 1.30 bits per heavy atom. The third kappa shape index (κ3) is 2.86. The predicted molar refractivity (Wildman–Crippen MR) is 75.3 cm³/mol. The average molecular weight is 297 g/mol. The van der Waals surface area contributed by atoms with Gasteiger partial charge in [0.05, 0.1) is 10.5 Å². The minimum Gasteiger partial charge on any atom is -0.478 e. The van der Waals surface area contributed by atoms with Crippen LogP contribution in [-0.2, 0) is 10.0 Å². The fourth-order valence-electron chi connectivity index (χ4n) is 2.77. The maximum Gasteiger partial charge on any atom is 0.335 e. The van der Waals surface area contributed by atoms with Gasteiger partial charge in [0.2, 0.25) is 10.0 Å². The Morgan fingerprint density at radius 2 is 1.90 bits per heavy atom. The molecule has 0 bridgehead atoms. The van der Waals surface area contributed by atoms with Crippen molar-refractivity contribution in [3.05, 3.63) is 29.3 Å². The number of aromatic carboxylic acids is 1. The van der Waals surface area contributed by atoms with Crippen LogP contribution in [0.15, 0.2) is 23.1 Å². The third-order valence-corrected chi connectivity index (χ3v) is 5.67. The van der Waals surface area contributed by atoms with Crippen LogP contribution in [0, 0.1) is 6.92 Å². The molecular weight excluding hydrogens is 278 g/mol. The number of rotatable bonds is 4. The molecule has 1 aromatic rings. The summed E-state index contributed by atoms with van der Waals surface area (Å²) in [6.07, 6.45) is 3.63. The Morgan fingerprint density at radius 3 is 2.45 bits per heavy atom. The molecule has 0 amide bonds. The first kappa shape index (κ1) is 15.0. The smallest absolute Gasteiger partial charge is 0.335 e. The summed E-state index contributed by atoms with van der Waals surface area (Å²) < 4.78 is 27.7. The molecular formula is C14H19NO4S. The van der Waals surface area contributed by atoms with Gasteiger partial charge in [0.1, 0.15) is 0 Å². The average Bonchev–Trinajstić information content (AvgIpc) is 2.74. The molecule has 2 rings (SSSR count). The molecule has 1 aromatic carbocycles. The second-order valence-electron chi connectivity index (χ2n) is 5.61. The molecule has 1 saturated carbocycles. The maximum absolute atomic E-state index is 12.5. The van der Waals surface area contributed by atoms with Crippen LogP contribution in [0.5, 0.6) is 0 Å². The second-order valence-corrected chi connectivity index (χ2v) is 7.26. The van der Waals surface area contributed by atoms with Gasteiger partial charge in [0.25, 0.3) is 0 Å². The number of benzene rings is 1. The largest absolute Gasteiger partial charge is 0.478 e. The van der Waals surface area contributed by atoms with Crippen molar-refractivity contribution in [3.63, 3.8) is 0 Å². The van der Waals surface area contributed by atoms with Gasteiger partial charge in [-0.3, -0.25) is 0 Å².